The van der Waals surface area contributed by atoms with Gasteiger partial charge in [0, 0.05) is 5.02 Å². The van der Waals surface area contributed by atoms with Crippen LogP contribution in [0.3, 0.4) is 0 Å². The van der Waals surface area contributed by atoms with Gasteiger partial charge in [-0.05, 0) is 60.7 Å². The maximum Gasteiger partial charge on any atom is 0.321 e. The third-order valence-electron chi connectivity index (χ3n) is 3.43. The van der Waals surface area contributed by atoms with Gasteiger partial charge < -0.3 is 4.74 Å². The summed E-state index contributed by atoms with van der Waals surface area (Å²) in [6.45, 7) is 0. The predicted molar refractivity (Wildman–Crippen MR) is 106 cm³/mol. The van der Waals surface area contributed by atoms with Gasteiger partial charge in [-0.3, -0.25) is 4.79 Å². The van der Waals surface area contributed by atoms with Crippen LogP contribution in [0.5, 0.6) is 5.75 Å². The molecule has 0 amide bonds. The topological polar surface area (TPSA) is 26.3 Å². The normalized spacial score (nSPS) is 11.8. The Labute approximate surface area is 163 Å². The molecule has 1 atom stereocenters. The summed E-state index contributed by atoms with van der Waals surface area (Å²) in [7, 11) is -0.254. The summed E-state index contributed by atoms with van der Waals surface area (Å²) in [4.78, 5) is 14.9. The molecule has 0 aromatic heterocycles. The molecule has 5 heteroatoms. The lowest BCUT2D eigenvalue weighted by molar-refractivity contribution is -0.131. The Bertz CT molecular complexity index is 836. The van der Waals surface area contributed by atoms with E-state index in [0.717, 1.165) is 9.92 Å². The SMILES string of the molecule is O=C(CBr)Oc1ccc([S+](c2ccccc2)c2ccc(Cl)cc2)cc1. The Hall–Kier alpha value is -1.75. The second-order valence-corrected chi connectivity index (χ2v) is 8.18. The zero-order valence-corrected chi connectivity index (χ0v) is 16.4. The average Bonchev–Trinajstić information content (AvgIpc) is 2.66. The molecule has 0 heterocycles. The van der Waals surface area contributed by atoms with Crippen molar-refractivity contribution in [3.63, 3.8) is 0 Å². The van der Waals surface area contributed by atoms with Crippen LogP contribution in [0.4, 0.5) is 0 Å². The van der Waals surface area contributed by atoms with Gasteiger partial charge in [0.15, 0.2) is 14.7 Å². The number of hydrogen-bond donors (Lipinski definition) is 0. The molecule has 1 unspecified atom stereocenters. The summed E-state index contributed by atoms with van der Waals surface area (Å²) in [5.74, 6) is 0.230. The molecule has 3 aromatic carbocycles. The highest BCUT2D eigenvalue weighted by Gasteiger charge is 2.28. The number of alkyl halides is 1. The maximum atomic E-state index is 11.4. The van der Waals surface area contributed by atoms with Gasteiger partial charge >= 0.3 is 5.97 Å². The number of carbonyl (C=O) groups excluding carboxylic acids is 1. The molecule has 2 nitrogen and oxygen atoms in total. The number of halogens is 2. The summed E-state index contributed by atoms with van der Waals surface area (Å²) >= 11 is 9.14. The summed E-state index contributed by atoms with van der Waals surface area (Å²) < 4.78 is 5.23. The fourth-order valence-electron chi connectivity index (χ4n) is 2.34. The van der Waals surface area contributed by atoms with E-state index in [-0.39, 0.29) is 22.2 Å². The van der Waals surface area contributed by atoms with Crippen LogP contribution in [0.25, 0.3) is 0 Å². The molecule has 0 aliphatic carbocycles. The molecule has 0 radical (unpaired) electrons. The van der Waals surface area contributed by atoms with Crippen LogP contribution in [-0.2, 0) is 15.7 Å². The summed E-state index contributed by atoms with van der Waals surface area (Å²) in [6.07, 6.45) is 0. The van der Waals surface area contributed by atoms with E-state index in [4.69, 9.17) is 16.3 Å². The molecule has 3 aromatic rings. The van der Waals surface area contributed by atoms with E-state index in [0.29, 0.717) is 5.75 Å². The second-order valence-electron chi connectivity index (χ2n) is 5.15. The smallest absolute Gasteiger partial charge is 0.321 e. The molecule has 0 saturated carbocycles. The van der Waals surface area contributed by atoms with Crippen LogP contribution in [0.1, 0.15) is 0 Å². The van der Waals surface area contributed by atoms with Gasteiger partial charge in [-0.2, -0.15) is 0 Å². The van der Waals surface area contributed by atoms with Crippen molar-refractivity contribution < 1.29 is 9.53 Å². The van der Waals surface area contributed by atoms with Crippen molar-refractivity contribution in [3.05, 3.63) is 83.9 Å². The average molecular weight is 435 g/mol. The Balaban J connectivity index is 1.97. The second kappa shape index (κ2) is 8.56. The van der Waals surface area contributed by atoms with E-state index in [1.165, 1.54) is 9.79 Å². The monoisotopic (exact) mass is 433 g/mol. The Morgan fingerprint density at radius 1 is 0.840 bits per heavy atom. The van der Waals surface area contributed by atoms with E-state index in [1.54, 1.807) is 0 Å². The lowest BCUT2D eigenvalue weighted by Gasteiger charge is -2.09. The van der Waals surface area contributed by atoms with Gasteiger partial charge in [0.2, 0.25) is 0 Å². The van der Waals surface area contributed by atoms with Crippen molar-refractivity contribution in [2.75, 3.05) is 5.33 Å². The Morgan fingerprint density at radius 3 is 1.92 bits per heavy atom. The molecule has 0 aliphatic heterocycles. The van der Waals surface area contributed by atoms with Gasteiger partial charge in [-0.1, -0.05) is 45.7 Å². The minimum Gasteiger partial charge on any atom is -0.426 e. The number of benzene rings is 3. The number of ether oxygens (including phenoxy) is 1. The van der Waals surface area contributed by atoms with Crippen LogP contribution in [0, 0.1) is 0 Å². The van der Waals surface area contributed by atoms with Crippen molar-refractivity contribution in [3.8, 4) is 5.75 Å². The van der Waals surface area contributed by atoms with Crippen molar-refractivity contribution in [1.29, 1.82) is 0 Å². The highest BCUT2D eigenvalue weighted by Crippen LogP contribution is 2.32. The van der Waals surface area contributed by atoms with E-state index in [9.17, 15) is 4.79 Å². The predicted octanol–water partition coefficient (Wildman–Crippen LogP) is 5.74. The molecule has 0 bridgehead atoms. The first kappa shape index (κ1) is 18.1. The molecular weight excluding hydrogens is 420 g/mol. The fourth-order valence-corrected chi connectivity index (χ4v) is 4.64. The Kier molecular flexibility index (Phi) is 6.19. The standard InChI is InChI=1S/C20H15BrClO2S/c21-14-20(23)24-16-8-12-19(13-9-16)25(17-4-2-1-3-5-17)18-10-6-15(22)7-11-18/h1-13H,14H2/q+1. The van der Waals surface area contributed by atoms with Gasteiger partial charge in [-0.15, -0.1) is 0 Å². The molecule has 3 rings (SSSR count). The fraction of sp³-hybridized carbons (Fsp3) is 0.0500. The molecule has 25 heavy (non-hydrogen) atoms. The lowest BCUT2D eigenvalue weighted by Crippen LogP contribution is -2.09. The number of esters is 1. The van der Waals surface area contributed by atoms with Crippen LogP contribution >= 0.6 is 27.5 Å². The molecule has 126 valence electrons. The largest absolute Gasteiger partial charge is 0.426 e. The highest BCUT2D eigenvalue weighted by molar-refractivity contribution is 9.09. The van der Waals surface area contributed by atoms with Gasteiger partial charge in [0.1, 0.15) is 11.1 Å². The van der Waals surface area contributed by atoms with E-state index in [1.807, 2.05) is 54.6 Å². The lowest BCUT2D eigenvalue weighted by atomic mass is 10.3. The first-order valence-corrected chi connectivity index (χ1v) is 10.3. The molecule has 0 spiro atoms. The van der Waals surface area contributed by atoms with Gasteiger partial charge in [0.05, 0.1) is 10.9 Å². The van der Waals surface area contributed by atoms with Crippen LogP contribution in [0.15, 0.2) is 93.5 Å². The molecule has 0 fully saturated rings. The number of carbonyl (C=O) groups is 1. The van der Waals surface area contributed by atoms with E-state index < -0.39 is 0 Å². The Morgan fingerprint density at radius 2 is 1.36 bits per heavy atom. The minimum atomic E-state index is -0.312. The van der Waals surface area contributed by atoms with Gasteiger partial charge in [0.25, 0.3) is 0 Å². The van der Waals surface area contributed by atoms with Crippen LogP contribution < -0.4 is 4.74 Å². The molecule has 0 aliphatic rings. The van der Waals surface area contributed by atoms with Gasteiger partial charge in [-0.25, -0.2) is 0 Å². The van der Waals surface area contributed by atoms with Crippen molar-refractivity contribution in [2.24, 2.45) is 0 Å². The summed E-state index contributed by atoms with van der Waals surface area (Å²) in [5, 5.41) is 0.894. The maximum absolute atomic E-state index is 11.4. The van der Waals surface area contributed by atoms with E-state index in [2.05, 4.69) is 40.2 Å². The van der Waals surface area contributed by atoms with E-state index >= 15 is 0 Å². The first-order chi connectivity index (χ1) is 12.2. The summed E-state index contributed by atoms with van der Waals surface area (Å²) in [5.41, 5.74) is 0. The third kappa shape index (κ3) is 4.66. The van der Waals surface area contributed by atoms with Crippen molar-refractivity contribution in [2.45, 2.75) is 14.7 Å². The van der Waals surface area contributed by atoms with Crippen LogP contribution in [0.2, 0.25) is 5.02 Å². The molecule has 0 N–H and O–H groups in total. The minimum absolute atomic E-state index is 0.175. The zero-order valence-electron chi connectivity index (χ0n) is 13.2. The third-order valence-corrected chi connectivity index (χ3v) is 6.37. The number of hydrogen-bond acceptors (Lipinski definition) is 2. The zero-order chi connectivity index (χ0) is 17.6. The number of rotatable bonds is 5. The summed E-state index contributed by atoms with van der Waals surface area (Å²) in [6, 6.07) is 25.9. The quantitative estimate of drug-likeness (QED) is 0.222. The van der Waals surface area contributed by atoms with Crippen molar-refractivity contribution >= 4 is 44.4 Å². The first-order valence-electron chi connectivity index (χ1n) is 7.59. The van der Waals surface area contributed by atoms with Crippen LogP contribution in [-0.4, -0.2) is 11.3 Å². The van der Waals surface area contributed by atoms with Crippen molar-refractivity contribution in [1.82, 2.24) is 0 Å². The molecular formula is C20H15BrClO2S+. The highest BCUT2D eigenvalue weighted by atomic mass is 79.9. The molecule has 0 saturated heterocycles.